The molecule has 17 heteroatoms. The number of carboxylic acid groups (broad SMARTS) is 2. The van der Waals surface area contributed by atoms with Crippen molar-refractivity contribution in [3.8, 4) is 5.75 Å². The van der Waals surface area contributed by atoms with Crippen LogP contribution in [0.3, 0.4) is 0 Å². The summed E-state index contributed by atoms with van der Waals surface area (Å²) in [5.74, 6) is -3.86. The van der Waals surface area contributed by atoms with Gasteiger partial charge in [-0.25, -0.2) is 8.42 Å². The van der Waals surface area contributed by atoms with Gasteiger partial charge in [0.15, 0.2) is 5.75 Å². The predicted octanol–water partition coefficient (Wildman–Crippen LogP) is 1.18. The third kappa shape index (κ3) is 7.71. The number of nitrogens with zero attached hydrogens (tertiary/aromatic N) is 3. The number of benzene rings is 2. The first kappa shape index (κ1) is 34.2. The first-order chi connectivity index (χ1) is 22.7. The van der Waals surface area contributed by atoms with Crippen LogP contribution in [0.25, 0.3) is 17.4 Å². The monoisotopic (exact) mass is 712 g/mol. The van der Waals surface area contributed by atoms with E-state index in [9.17, 15) is 37.3 Å². The third-order valence-electron chi connectivity index (χ3n) is 7.00. The molecule has 2 aromatic carbocycles. The smallest absolute Gasteiger partial charge is 0.323 e. The van der Waals surface area contributed by atoms with E-state index in [1.807, 2.05) is 19.1 Å². The van der Waals surface area contributed by atoms with Gasteiger partial charge in [-0.15, -0.1) is 11.3 Å². The number of aliphatic carboxylic acids is 2. The van der Waals surface area contributed by atoms with Crippen molar-refractivity contribution < 1.29 is 47.0 Å². The minimum Gasteiger partial charge on any atom is -0.748 e. The normalized spacial score (nSPS) is 17.2. The quantitative estimate of drug-likeness (QED) is 0.213. The summed E-state index contributed by atoms with van der Waals surface area (Å²) in [7, 11) is -4.44. The molecule has 3 heterocycles. The highest BCUT2D eigenvalue weighted by Crippen LogP contribution is 2.39. The van der Waals surface area contributed by atoms with Crippen molar-refractivity contribution in [3.05, 3.63) is 97.2 Å². The molecule has 1 amide bonds. The molecule has 1 fully saturated rings. The minimum atomic E-state index is -4.44. The lowest BCUT2D eigenvalue weighted by Gasteiger charge is -2.19. The maximum Gasteiger partial charge on any atom is 0.323 e. The number of carbonyl (C=O) groups is 3. The molecule has 0 unspecified atom stereocenters. The molecule has 5 rings (SSSR count). The van der Waals surface area contributed by atoms with Gasteiger partial charge in [-0.1, -0.05) is 36.4 Å². The molecule has 250 valence electrons. The highest BCUT2D eigenvalue weighted by Gasteiger charge is 2.37. The number of thiocarbonyl (C=S) groups is 1. The summed E-state index contributed by atoms with van der Waals surface area (Å²) < 4.78 is 45.9. The summed E-state index contributed by atoms with van der Waals surface area (Å²) in [6, 6.07) is 14.4. The Labute approximate surface area is 282 Å². The molecule has 0 aliphatic carbocycles. The van der Waals surface area contributed by atoms with Crippen LogP contribution < -0.4 is 24.4 Å². The van der Waals surface area contributed by atoms with Crippen LogP contribution in [-0.4, -0.2) is 74.5 Å². The third-order valence-corrected chi connectivity index (χ3v) is 9.20. The minimum absolute atomic E-state index is 0.0232. The van der Waals surface area contributed by atoms with Crippen LogP contribution in [0, 0.1) is 6.92 Å². The number of carbonyl (C=O) groups excluding carboxylic acids is 1. The largest absolute Gasteiger partial charge is 0.748 e. The summed E-state index contributed by atoms with van der Waals surface area (Å²) in [5, 5.41) is 18.3. The average Bonchev–Trinajstić information content (AvgIpc) is 3.61. The lowest BCUT2D eigenvalue weighted by atomic mass is 10.1. The Kier molecular flexibility index (Phi) is 9.95. The molecule has 2 aliphatic heterocycles. The molecule has 1 saturated heterocycles. The van der Waals surface area contributed by atoms with E-state index in [0.29, 0.717) is 33.4 Å². The van der Waals surface area contributed by atoms with Crippen molar-refractivity contribution in [2.75, 3.05) is 23.7 Å². The van der Waals surface area contributed by atoms with Crippen molar-refractivity contribution in [1.29, 1.82) is 0 Å². The van der Waals surface area contributed by atoms with Crippen molar-refractivity contribution >= 4 is 79.8 Å². The van der Waals surface area contributed by atoms with E-state index in [4.69, 9.17) is 26.8 Å². The maximum atomic E-state index is 13.6. The highest BCUT2D eigenvalue weighted by molar-refractivity contribution is 7.85. The lowest BCUT2D eigenvalue weighted by molar-refractivity contribution is -0.140. The van der Waals surface area contributed by atoms with Crippen LogP contribution in [-0.2, 0) is 35.8 Å². The van der Waals surface area contributed by atoms with Gasteiger partial charge in [0.05, 0.1) is 20.3 Å². The Morgan fingerprint density at radius 2 is 1.73 bits per heavy atom. The van der Waals surface area contributed by atoms with E-state index < -0.39 is 63.3 Å². The van der Waals surface area contributed by atoms with Gasteiger partial charge in [0.25, 0.3) is 10.7 Å². The van der Waals surface area contributed by atoms with Gasteiger partial charge in [0.1, 0.15) is 17.8 Å². The van der Waals surface area contributed by atoms with Crippen molar-refractivity contribution in [3.63, 3.8) is 0 Å². The number of hydrogen-bond donors (Lipinski definition) is 2. The summed E-state index contributed by atoms with van der Waals surface area (Å²) in [6.07, 6.45) is 4.80. The van der Waals surface area contributed by atoms with Crippen molar-refractivity contribution in [2.45, 2.75) is 19.9 Å². The Hall–Kier alpha value is -5.10. The van der Waals surface area contributed by atoms with Gasteiger partial charge in [0, 0.05) is 12.3 Å². The van der Waals surface area contributed by atoms with Gasteiger partial charge >= 0.3 is 17.8 Å². The number of amides is 1. The fraction of sp³-hybridized carbons (Fsp3) is 0.194. The Bertz CT molecular complexity index is 2190. The summed E-state index contributed by atoms with van der Waals surface area (Å²) in [5.41, 5.74) is 1.97. The van der Waals surface area contributed by atoms with Crippen LogP contribution in [0.1, 0.15) is 17.5 Å². The molecule has 0 radical (unpaired) electrons. The molecule has 3 aromatic rings. The average molecular weight is 713 g/mol. The van der Waals surface area contributed by atoms with E-state index in [1.165, 1.54) is 6.08 Å². The summed E-state index contributed by atoms with van der Waals surface area (Å²) >= 11 is 5.77. The number of allylic oxidation sites excluding steroid dienone is 3. The van der Waals surface area contributed by atoms with E-state index in [2.05, 4.69) is 0 Å². The molecule has 0 spiro atoms. The van der Waals surface area contributed by atoms with Crippen LogP contribution >= 0.6 is 23.6 Å². The molecule has 0 bridgehead atoms. The number of aromatic nitrogens is 1. The fourth-order valence-corrected chi connectivity index (χ4v) is 6.68. The first-order valence-corrected chi connectivity index (χ1v) is 16.9. The van der Waals surface area contributed by atoms with Crippen LogP contribution in [0.5, 0.6) is 5.75 Å². The second-order valence-electron chi connectivity index (χ2n) is 10.5. The first-order valence-electron chi connectivity index (χ1n) is 14.1. The number of aryl methyl sites for hydroxylation is 1. The second kappa shape index (κ2) is 13.9. The predicted molar refractivity (Wildman–Crippen MR) is 177 cm³/mol. The summed E-state index contributed by atoms with van der Waals surface area (Å²) in [6.45, 7) is 0.429. The van der Waals surface area contributed by atoms with Gasteiger partial charge in [-0.05, 0) is 72.6 Å². The van der Waals surface area contributed by atoms with Gasteiger partial charge in [-0.3, -0.25) is 28.6 Å². The van der Waals surface area contributed by atoms with Crippen molar-refractivity contribution in [1.82, 2.24) is 9.47 Å². The molecular formula is C31H26N3O11S3-. The van der Waals surface area contributed by atoms with Gasteiger partial charge < -0.3 is 29.1 Å². The molecule has 2 N–H and O–H groups in total. The number of rotatable bonds is 11. The van der Waals surface area contributed by atoms with Crippen LogP contribution in [0.2, 0.25) is 0 Å². The zero-order chi connectivity index (χ0) is 34.7. The highest BCUT2D eigenvalue weighted by atomic mass is 32.2. The molecule has 1 aromatic heterocycles. The second-order valence-corrected chi connectivity index (χ2v) is 13.4. The van der Waals surface area contributed by atoms with Gasteiger partial charge in [-0.2, -0.15) is 0 Å². The van der Waals surface area contributed by atoms with Crippen molar-refractivity contribution in [2.24, 2.45) is 0 Å². The maximum absolute atomic E-state index is 13.6. The lowest BCUT2D eigenvalue weighted by Crippen LogP contribution is -2.36. The molecule has 2 aliphatic rings. The molecule has 48 heavy (non-hydrogen) atoms. The Morgan fingerprint density at radius 3 is 2.40 bits per heavy atom. The fourth-order valence-electron chi connectivity index (χ4n) is 4.89. The molecule has 0 saturated carbocycles. The van der Waals surface area contributed by atoms with Crippen LogP contribution in [0.4, 0.5) is 5.69 Å². The number of fused-ring (bicyclic) bond motifs is 1. The number of anilines is 1. The number of carboxylic acids is 2. The van der Waals surface area contributed by atoms with E-state index in [0.717, 1.165) is 21.5 Å². The van der Waals surface area contributed by atoms with Gasteiger partial charge in [0.2, 0.25) is 11.6 Å². The zero-order valence-corrected chi connectivity index (χ0v) is 27.5. The SMILES string of the molecule is Cc1ccc2c(c1)N(CCCS(=O)(=O)[O-])C(=CC=C(C=c1s/c(=C3/OC(=S)N(CC(=O)O)C3=O)n(CC(=O)O)c1=O)c1ccccc1)O2. The molecular weight excluding hydrogens is 687 g/mol. The summed E-state index contributed by atoms with van der Waals surface area (Å²) in [4.78, 5) is 52.0. The van der Waals surface area contributed by atoms with E-state index in [-0.39, 0.29) is 22.2 Å². The van der Waals surface area contributed by atoms with Crippen LogP contribution in [0.15, 0.2) is 71.4 Å². The Balaban J connectivity index is 1.64. The standard InChI is InChI=1S/C31H27N3O11S3/c1-18-8-10-22-21(14-18)32(12-5-13-48(41,42)43)24(44-22)11-9-20(19-6-3-2-4-7-19)15-23-28(39)33(16-25(35)36)30(47-23)27-29(40)34(17-26(37)38)31(46)45-27/h2-4,6-11,14-15H,5,12-13,16-17H2,1H3,(H,35,36)(H,37,38)(H,41,42,43)/p-1/b20-9?,23-15?,24-11?,30-27+. The number of hydrogen-bond acceptors (Lipinski definition) is 12. The van der Waals surface area contributed by atoms with E-state index in [1.54, 1.807) is 53.5 Å². The molecule has 14 nitrogen and oxygen atoms in total. The topological polar surface area (TPSA) is 196 Å². The number of ether oxygens (including phenoxy) is 2. The number of thiazole rings is 1. The zero-order valence-electron chi connectivity index (χ0n) is 25.0. The Morgan fingerprint density at radius 1 is 1.02 bits per heavy atom. The molecule has 0 atom stereocenters. The van der Waals surface area contributed by atoms with E-state index >= 15 is 0 Å².